The van der Waals surface area contributed by atoms with E-state index in [0.717, 1.165) is 13.0 Å². The summed E-state index contributed by atoms with van der Waals surface area (Å²) in [7, 11) is 0. The SMILES string of the molecule is [CH-]=NCC[C-](C)C.[Y]. The molecule has 0 aliphatic heterocycles. The third-order valence-electron chi connectivity index (χ3n) is 0.741. The molecule has 45 valence electrons. The van der Waals surface area contributed by atoms with Gasteiger partial charge in [0.1, 0.15) is 0 Å². The van der Waals surface area contributed by atoms with E-state index in [4.69, 9.17) is 6.72 Å². The van der Waals surface area contributed by atoms with Gasteiger partial charge in [0.15, 0.2) is 0 Å². The summed E-state index contributed by atoms with van der Waals surface area (Å²) >= 11 is 0. The second kappa shape index (κ2) is 7.77. The van der Waals surface area contributed by atoms with Crippen molar-refractivity contribution in [2.24, 2.45) is 4.99 Å². The number of rotatable bonds is 3. The molecule has 0 aromatic heterocycles. The van der Waals surface area contributed by atoms with Crippen LogP contribution in [0, 0.1) is 5.92 Å². The molecule has 0 bridgehead atoms. The first kappa shape index (κ1) is 11.6. The predicted molar refractivity (Wildman–Crippen MR) is 32.6 cm³/mol. The summed E-state index contributed by atoms with van der Waals surface area (Å²) in [5.41, 5.74) is 0. The maximum atomic E-state index is 4.89. The van der Waals surface area contributed by atoms with Crippen molar-refractivity contribution in [1.29, 1.82) is 0 Å². The van der Waals surface area contributed by atoms with Crippen LogP contribution in [0.15, 0.2) is 4.99 Å². The average molecular weight is 186 g/mol. The molecule has 0 N–H and O–H groups in total. The number of aliphatic imine (C=N–C) groups is 1. The Morgan fingerprint density at radius 3 is 2.12 bits per heavy atom. The smallest absolute Gasteiger partial charge is 0 e. The molecule has 0 rings (SSSR count). The zero-order valence-corrected chi connectivity index (χ0v) is 8.35. The third-order valence-corrected chi connectivity index (χ3v) is 0.741. The Morgan fingerprint density at radius 2 is 2.00 bits per heavy atom. The summed E-state index contributed by atoms with van der Waals surface area (Å²) in [5.74, 6) is 1.38. The van der Waals surface area contributed by atoms with Gasteiger partial charge in [-0.2, -0.15) is 20.3 Å². The minimum absolute atomic E-state index is 0. The molecule has 0 heterocycles. The van der Waals surface area contributed by atoms with Gasteiger partial charge in [-0.3, -0.25) is 0 Å². The van der Waals surface area contributed by atoms with Crippen molar-refractivity contribution < 1.29 is 32.7 Å². The van der Waals surface area contributed by atoms with Crippen LogP contribution in [0.25, 0.3) is 0 Å². The van der Waals surface area contributed by atoms with Gasteiger partial charge in [-0.15, -0.1) is 0 Å². The van der Waals surface area contributed by atoms with Crippen molar-refractivity contribution in [2.45, 2.75) is 20.3 Å². The molecule has 0 atom stereocenters. The molecule has 0 aliphatic rings. The number of hydrogen-bond donors (Lipinski definition) is 0. The summed E-state index contributed by atoms with van der Waals surface area (Å²) < 4.78 is 0. The van der Waals surface area contributed by atoms with Gasteiger partial charge in [0.05, 0.1) is 0 Å². The van der Waals surface area contributed by atoms with E-state index in [2.05, 4.69) is 18.8 Å². The van der Waals surface area contributed by atoms with Crippen LogP contribution in [0.3, 0.4) is 0 Å². The van der Waals surface area contributed by atoms with Crippen molar-refractivity contribution in [2.75, 3.05) is 6.54 Å². The second-order valence-electron chi connectivity index (χ2n) is 1.86. The molecular weight excluding hydrogens is 175 g/mol. The third kappa shape index (κ3) is 9.91. The van der Waals surface area contributed by atoms with Gasteiger partial charge in [-0.1, -0.05) is 0 Å². The molecular formula is C6H11NY-2. The summed E-state index contributed by atoms with van der Waals surface area (Å²) in [5, 5.41) is 0. The fourth-order valence-electron chi connectivity index (χ4n) is 0.288. The van der Waals surface area contributed by atoms with Gasteiger partial charge in [0.25, 0.3) is 0 Å². The first-order valence-corrected chi connectivity index (χ1v) is 2.43. The summed E-state index contributed by atoms with van der Waals surface area (Å²) in [6, 6.07) is 0. The molecule has 0 amide bonds. The van der Waals surface area contributed by atoms with Crippen molar-refractivity contribution >= 4 is 6.72 Å². The van der Waals surface area contributed by atoms with E-state index in [1.807, 2.05) is 0 Å². The molecule has 2 heteroatoms. The molecule has 0 unspecified atom stereocenters. The standard InChI is InChI=1S/C6H11N.Y/c1-6(2)4-5-7-3;/h3H,4-5H2,1-2H3;/q-2;. The van der Waals surface area contributed by atoms with Crippen LogP contribution in [0.2, 0.25) is 0 Å². The first-order chi connectivity index (χ1) is 3.27. The Morgan fingerprint density at radius 1 is 1.50 bits per heavy atom. The predicted octanol–water partition coefficient (Wildman–Crippen LogP) is 1.57. The fraction of sp³-hybridized carbons (Fsp3) is 0.667. The van der Waals surface area contributed by atoms with E-state index in [1.165, 1.54) is 5.92 Å². The molecule has 1 radical (unpaired) electrons. The Bertz CT molecular complexity index is 52.5. The van der Waals surface area contributed by atoms with Gasteiger partial charge in [0, 0.05) is 32.7 Å². The van der Waals surface area contributed by atoms with Crippen molar-refractivity contribution in [3.63, 3.8) is 0 Å². The Balaban J connectivity index is 0. The summed E-state index contributed by atoms with van der Waals surface area (Å²) in [6.45, 7) is 9.80. The van der Waals surface area contributed by atoms with Gasteiger partial charge in [0.2, 0.25) is 0 Å². The average Bonchev–Trinajstić information content (AvgIpc) is 1.61. The number of nitrogens with zero attached hydrogens (tertiary/aromatic N) is 1. The first-order valence-electron chi connectivity index (χ1n) is 2.43. The molecule has 0 saturated heterocycles. The summed E-state index contributed by atoms with van der Waals surface area (Å²) in [6.07, 6.45) is 1.02. The zero-order chi connectivity index (χ0) is 5.70. The fourth-order valence-corrected chi connectivity index (χ4v) is 0.288. The van der Waals surface area contributed by atoms with E-state index >= 15 is 0 Å². The molecule has 0 aromatic carbocycles. The summed E-state index contributed by atoms with van der Waals surface area (Å²) in [4.78, 5) is 3.46. The molecule has 0 spiro atoms. The second-order valence-corrected chi connectivity index (χ2v) is 1.86. The minimum atomic E-state index is 0. The Hall–Kier alpha value is 0.774. The quantitative estimate of drug-likeness (QED) is 0.468. The largest absolute Gasteiger partial charge is 0.508 e. The normalized spacial score (nSPS) is 8.38. The van der Waals surface area contributed by atoms with E-state index in [0.29, 0.717) is 0 Å². The van der Waals surface area contributed by atoms with Crippen LogP contribution in [0.4, 0.5) is 0 Å². The molecule has 0 aliphatic carbocycles. The van der Waals surface area contributed by atoms with Crippen LogP contribution < -0.4 is 0 Å². The van der Waals surface area contributed by atoms with E-state index in [-0.39, 0.29) is 32.7 Å². The van der Waals surface area contributed by atoms with Crippen molar-refractivity contribution in [1.82, 2.24) is 0 Å². The topological polar surface area (TPSA) is 12.4 Å². The van der Waals surface area contributed by atoms with Crippen LogP contribution in [0.5, 0.6) is 0 Å². The van der Waals surface area contributed by atoms with E-state index in [1.54, 1.807) is 0 Å². The number of hydrogen-bond acceptors (Lipinski definition) is 1. The van der Waals surface area contributed by atoms with E-state index in [9.17, 15) is 0 Å². The van der Waals surface area contributed by atoms with Gasteiger partial charge in [-0.25, -0.2) is 0 Å². The van der Waals surface area contributed by atoms with Gasteiger partial charge >= 0.3 is 0 Å². The van der Waals surface area contributed by atoms with Crippen LogP contribution in [-0.4, -0.2) is 13.3 Å². The Labute approximate surface area is 76.8 Å². The molecule has 8 heavy (non-hydrogen) atoms. The van der Waals surface area contributed by atoms with Gasteiger partial charge < -0.3 is 17.6 Å². The van der Waals surface area contributed by atoms with Crippen molar-refractivity contribution in [3.8, 4) is 0 Å². The van der Waals surface area contributed by atoms with E-state index < -0.39 is 0 Å². The van der Waals surface area contributed by atoms with Crippen LogP contribution >= 0.6 is 0 Å². The Kier molecular flexibility index (Phi) is 11.2. The molecule has 0 saturated carbocycles. The molecule has 0 fully saturated rings. The van der Waals surface area contributed by atoms with Crippen molar-refractivity contribution in [3.05, 3.63) is 5.92 Å². The molecule has 0 aromatic rings. The minimum Gasteiger partial charge on any atom is -0.508 e. The van der Waals surface area contributed by atoms with Crippen LogP contribution in [0.1, 0.15) is 20.3 Å². The maximum Gasteiger partial charge on any atom is 0 e. The monoisotopic (exact) mass is 186 g/mol. The van der Waals surface area contributed by atoms with Crippen LogP contribution in [-0.2, 0) is 32.7 Å². The zero-order valence-electron chi connectivity index (χ0n) is 5.52. The van der Waals surface area contributed by atoms with Gasteiger partial charge in [-0.05, 0) is 6.54 Å². The molecule has 1 nitrogen and oxygen atoms in total. The maximum absolute atomic E-state index is 4.89.